The Labute approximate surface area is 272 Å². The molecule has 0 aliphatic heterocycles. The van der Waals surface area contributed by atoms with Crippen LogP contribution in [0, 0.1) is 0 Å². The van der Waals surface area contributed by atoms with Crippen molar-refractivity contribution >= 4 is 70.1 Å². The molecule has 0 spiro atoms. The summed E-state index contributed by atoms with van der Waals surface area (Å²) in [5.74, 6) is 0. The molecule has 0 aliphatic carbocycles. The monoisotopic (exact) mass is 603 g/mol. The van der Waals surface area contributed by atoms with E-state index in [1.807, 2.05) is 11.3 Å². The van der Waals surface area contributed by atoms with Crippen LogP contribution >= 0.6 is 11.3 Å². The average molecular weight is 604 g/mol. The fourth-order valence-corrected chi connectivity index (χ4v) is 8.04. The van der Waals surface area contributed by atoms with Crippen molar-refractivity contribution < 1.29 is 0 Å². The fourth-order valence-electron chi connectivity index (χ4n) is 6.90. The molecule has 8 aromatic carbocycles. The summed E-state index contributed by atoms with van der Waals surface area (Å²) in [5.41, 5.74) is 8.23. The lowest BCUT2D eigenvalue weighted by Crippen LogP contribution is -2.11. The maximum absolute atomic E-state index is 2.43. The number of fused-ring (bicyclic) bond motifs is 6. The molecule has 46 heavy (non-hydrogen) atoms. The number of hydrogen-bond donors (Lipinski definition) is 0. The van der Waals surface area contributed by atoms with E-state index in [9.17, 15) is 0 Å². The molecule has 0 N–H and O–H groups in total. The molecule has 0 saturated heterocycles. The maximum atomic E-state index is 2.43. The van der Waals surface area contributed by atoms with Crippen molar-refractivity contribution in [3.05, 3.63) is 176 Å². The minimum Gasteiger partial charge on any atom is -0.310 e. The second kappa shape index (κ2) is 11.0. The quantitative estimate of drug-likeness (QED) is 0.177. The second-order valence-corrected chi connectivity index (χ2v) is 12.8. The molecule has 1 aromatic heterocycles. The van der Waals surface area contributed by atoms with Gasteiger partial charge in [-0.3, -0.25) is 0 Å². The predicted molar refractivity (Wildman–Crippen MR) is 200 cm³/mol. The molecule has 1 nitrogen and oxygen atoms in total. The van der Waals surface area contributed by atoms with Crippen LogP contribution in [0.1, 0.15) is 0 Å². The molecule has 2 heteroatoms. The van der Waals surface area contributed by atoms with Gasteiger partial charge in [-0.05, 0) is 80.7 Å². The first kappa shape index (κ1) is 26.7. The van der Waals surface area contributed by atoms with E-state index in [0.29, 0.717) is 0 Å². The SMILES string of the molecule is c1ccc(-c2ccc(-c3cc4ccccc4c4ccccc34)cc2N(c2ccccc2)c2ccc3c(c2)sc2ccccc23)cc1. The molecule has 0 amide bonds. The van der Waals surface area contributed by atoms with E-state index in [4.69, 9.17) is 0 Å². The van der Waals surface area contributed by atoms with Crippen molar-refractivity contribution in [2.75, 3.05) is 4.90 Å². The van der Waals surface area contributed by atoms with Gasteiger partial charge in [0.1, 0.15) is 0 Å². The normalized spacial score (nSPS) is 11.5. The molecule has 1 heterocycles. The number of anilines is 3. The van der Waals surface area contributed by atoms with Crippen LogP contribution in [0.3, 0.4) is 0 Å². The zero-order chi connectivity index (χ0) is 30.5. The van der Waals surface area contributed by atoms with Gasteiger partial charge < -0.3 is 4.90 Å². The van der Waals surface area contributed by atoms with E-state index in [2.05, 4.69) is 181 Å². The molecular weight excluding hydrogens is 575 g/mol. The van der Waals surface area contributed by atoms with Gasteiger partial charge in [0.05, 0.1) is 5.69 Å². The Hall–Kier alpha value is -5.70. The summed E-state index contributed by atoms with van der Waals surface area (Å²) in [7, 11) is 0. The van der Waals surface area contributed by atoms with Gasteiger partial charge in [0.2, 0.25) is 0 Å². The van der Waals surface area contributed by atoms with Crippen LogP contribution in [0.25, 0.3) is 64.0 Å². The summed E-state index contributed by atoms with van der Waals surface area (Å²) in [6, 6.07) is 64.0. The Morgan fingerprint density at radius 1 is 0.348 bits per heavy atom. The summed E-state index contributed by atoms with van der Waals surface area (Å²) in [4.78, 5) is 2.43. The minimum atomic E-state index is 1.13. The van der Waals surface area contributed by atoms with Gasteiger partial charge in [-0.25, -0.2) is 0 Å². The minimum absolute atomic E-state index is 1.13. The zero-order valence-corrected chi connectivity index (χ0v) is 25.9. The third kappa shape index (κ3) is 4.46. The number of nitrogens with zero attached hydrogens (tertiary/aromatic N) is 1. The number of hydrogen-bond acceptors (Lipinski definition) is 2. The summed E-state index contributed by atoms with van der Waals surface area (Å²) in [6.07, 6.45) is 0. The number of thiophene rings is 1. The highest BCUT2D eigenvalue weighted by molar-refractivity contribution is 7.25. The van der Waals surface area contributed by atoms with Crippen LogP contribution in [0.15, 0.2) is 176 Å². The largest absolute Gasteiger partial charge is 0.310 e. The van der Waals surface area contributed by atoms with E-state index >= 15 is 0 Å². The molecule has 0 aliphatic rings. The first-order valence-corrected chi connectivity index (χ1v) is 16.5. The highest BCUT2D eigenvalue weighted by atomic mass is 32.1. The van der Waals surface area contributed by atoms with Crippen LogP contribution < -0.4 is 4.90 Å². The molecule has 0 fully saturated rings. The van der Waals surface area contributed by atoms with Crippen molar-refractivity contribution in [1.29, 1.82) is 0 Å². The van der Waals surface area contributed by atoms with E-state index in [1.54, 1.807) is 0 Å². The van der Waals surface area contributed by atoms with Gasteiger partial charge in [0, 0.05) is 37.1 Å². The third-order valence-electron chi connectivity index (χ3n) is 9.04. The van der Waals surface area contributed by atoms with Crippen molar-refractivity contribution in [1.82, 2.24) is 0 Å². The van der Waals surface area contributed by atoms with Gasteiger partial charge in [-0.1, -0.05) is 133 Å². The van der Waals surface area contributed by atoms with Crippen LogP contribution in [0.4, 0.5) is 17.1 Å². The summed E-state index contributed by atoms with van der Waals surface area (Å²) >= 11 is 1.86. The van der Waals surface area contributed by atoms with Gasteiger partial charge in [-0.15, -0.1) is 11.3 Å². The molecule has 9 rings (SSSR count). The van der Waals surface area contributed by atoms with Crippen molar-refractivity contribution in [3.8, 4) is 22.3 Å². The lowest BCUT2D eigenvalue weighted by atomic mass is 9.91. The van der Waals surface area contributed by atoms with E-state index in [1.165, 1.54) is 64.0 Å². The Balaban J connectivity index is 1.33. The van der Waals surface area contributed by atoms with Gasteiger partial charge in [0.15, 0.2) is 0 Å². The van der Waals surface area contributed by atoms with E-state index in [0.717, 1.165) is 17.1 Å². The second-order valence-electron chi connectivity index (χ2n) is 11.7. The number of benzene rings is 8. The smallest absolute Gasteiger partial charge is 0.0546 e. The lowest BCUT2D eigenvalue weighted by molar-refractivity contribution is 1.29. The lowest BCUT2D eigenvalue weighted by Gasteiger charge is -2.29. The van der Waals surface area contributed by atoms with Crippen molar-refractivity contribution in [2.45, 2.75) is 0 Å². The molecule has 0 atom stereocenters. The molecule has 216 valence electrons. The van der Waals surface area contributed by atoms with Crippen molar-refractivity contribution in [2.24, 2.45) is 0 Å². The summed E-state index contributed by atoms with van der Waals surface area (Å²) in [5, 5.41) is 7.69. The van der Waals surface area contributed by atoms with Crippen molar-refractivity contribution in [3.63, 3.8) is 0 Å². The molecule has 0 unspecified atom stereocenters. The zero-order valence-electron chi connectivity index (χ0n) is 25.1. The molecule has 0 radical (unpaired) electrons. The van der Waals surface area contributed by atoms with Crippen LogP contribution in [0.5, 0.6) is 0 Å². The Morgan fingerprint density at radius 2 is 1.00 bits per heavy atom. The van der Waals surface area contributed by atoms with Crippen LogP contribution in [-0.2, 0) is 0 Å². The van der Waals surface area contributed by atoms with E-state index < -0.39 is 0 Å². The summed E-state index contributed by atoms with van der Waals surface area (Å²) < 4.78 is 2.61. The number of para-hydroxylation sites is 1. The first-order chi connectivity index (χ1) is 22.8. The highest BCUT2D eigenvalue weighted by Gasteiger charge is 2.20. The Kier molecular flexibility index (Phi) is 6.40. The first-order valence-electron chi connectivity index (χ1n) is 15.7. The Bertz CT molecular complexity index is 2530. The predicted octanol–water partition coefficient (Wildman–Crippen LogP) is 13.2. The molecule has 0 saturated carbocycles. The number of rotatable bonds is 5. The highest BCUT2D eigenvalue weighted by Crippen LogP contribution is 2.46. The van der Waals surface area contributed by atoms with Gasteiger partial charge in [-0.2, -0.15) is 0 Å². The Morgan fingerprint density at radius 3 is 1.83 bits per heavy atom. The molecule has 9 aromatic rings. The van der Waals surface area contributed by atoms with Gasteiger partial charge >= 0.3 is 0 Å². The van der Waals surface area contributed by atoms with Gasteiger partial charge in [0.25, 0.3) is 0 Å². The van der Waals surface area contributed by atoms with Crippen LogP contribution in [0.2, 0.25) is 0 Å². The summed E-state index contributed by atoms with van der Waals surface area (Å²) in [6.45, 7) is 0. The average Bonchev–Trinajstić information content (AvgIpc) is 3.50. The van der Waals surface area contributed by atoms with E-state index in [-0.39, 0.29) is 0 Å². The molecular formula is C44H29NS. The maximum Gasteiger partial charge on any atom is 0.0546 e. The topological polar surface area (TPSA) is 3.24 Å². The standard InChI is InChI=1S/C44H29NS/c1-3-13-30(14-4-1)36-25-23-32(41-27-31-15-7-8-18-35(31)37-19-9-10-20-38(37)41)28-42(36)45(33-16-5-2-6-17-33)34-24-26-40-39-21-11-12-22-43(39)46-44(40)29-34/h1-29H. The molecule has 0 bridgehead atoms. The third-order valence-corrected chi connectivity index (χ3v) is 10.2. The van der Waals surface area contributed by atoms with Crippen LogP contribution in [-0.4, -0.2) is 0 Å². The fraction of sp³-hybridized carbons (Fsp3) is 0.